The lowest BCUT2D eigenvalue weighted by Gasteiger charge is -2.36. The van der Waals surface area contributed by atoms with Gasteiger partial charge in [0.25, 0.3) is 0 Å². The minimum atomic E-state index is 0.164. The van der Waals surface area contributed by atoms with Crippen LogP contribution in [-0.4, -0.2) is 28.7 Å². The Bertz CT molecular complexity index is 220. The lowest BCUT2D eigenvalue weighted by atomic mass is 9.93. The van der Waals surface area contributed by atoms with E-state index in [0.29, 0.717) is 16.8 Å². The van der Waals surface area contributed by atoms with Crippen molar-refractivity contribution in [1.82, 2.24) is 4.90 Å². The van der Waals surface area contributed by atoms with Gasteiger partial charge in [0.05, 0.1) is 0 Å². The van der Waals surface area contributed by atoms with Gasteiger partial charge in [0.15, 0.2) is 0 Å². The summed E-state index contributed by atoms with van der Waals surface area (Å²) < 4.78 is 0. The molecule has 3 atom stereocenters. The fourth-order valence-electron chi connectivity index (χ4n) is 2.19. The van der Waals surface area contributed by atoms with E-state index in [-0.39, 0.29) is 5.92 Å². The van der Waals surface area contributed by atoms with E-state index in [4.69, 9.17) is 0 Å². The molecule has 0 bridgehead atoms. The number of amides is 1. The fourth-order valence-corrected chi connectivity index (χ4v) is 3.13. The van der Waals surface area contributed by atoms with Crippen molar-refractivity contribution < 1.29 is 4.79 Å². The first-order valence-corrected chi connectivity index (χ1v) is 6.90. The highest BCUT2D eigenvalue weighted by atomic mass is 79.9. The highest BCUT2D eigenvalue weighted by Crippen LogP contribution is 2.28. The molecule has 1 rings (SSSR count). The number of nitrogens with zero attached hydrogens (tertiary/aromatic N) is 1. The predicted octanol–water partition coefficient (Wildman–Crippen LogP) is 3.20. The van der Waals surface area contributed by atoms with E-state index in [0.717, 1.165) is 12.8 Å². The number of hydrogen-bond acceptors (Lipinski definition) is 1. The maximum absolute atomic E-state index is 12.0. The van der Waals surface area contributed by atoms with Crippen molar-refractivity contribution in [2.75, 3.05) is 7.05 Å². The Labute approximate surface area is 102 Å². The van der Waals surface area contributed by atoms with Gasteiger partial charge in [-0.2, -0.15) is 0 Å². The molecule has 0 radical (unpaired) electrons. The second kappa shape index (κ2) is 5.88. The molecule has 0 spiro atoms. The smallest absolute Gasteiger partial charge is 0.225 e. The molecule has 0 aromatic rings. The Morgan fingerprint density at radius 1 is 1.47 bits per heavy atom. The van der Waals surface area contributed by atoms with Crippen LogP contribution in [0.25, 0.3) is 0 Å². The molecule has 0 aromatic heterocycles. The van der Waals surface area contributed by atoms with E-state index in [1.165, 1.54) is 19.3 Å². The summed E-state index contributed by atoms with van der Waals surface area (Å²) in [6, 6.07) is 0.403. The zero-order chi connectivity index (χ0) is 11.4. The topological polar surface area (TPSA) is 20.3 Å². The number of hydrogen-bond donors (Lipinski definition) is 0. The summed E-state index contributed by atoms with van der Waals surface area (Å²) in [7, 11) is 1.96. The lowest BCUT2D eigenvalue weighted by molar-refractivity contribution is -0.136. The zero-order valence-corrected chi connectivity index (χ0v) is 11.6. The second-order valence-corrected chi connectivity index (χ2v) is 5.80. The molecule has 0 aromatic carbocycles. The fraction of sp³-hybridized carbons (Fsp3) is 0.917. The molecule has 0 N–H and O–H groups in total. The van der Waals surface area contributed by atoms with Crippen LogP contribution in [0.1, 0.15) is 46.0 Å². The third-order valence-corrected chi connectivity index (χ3v) is 4.59. The summed E-state index contributed by atoms with van der Waals surface area (Å²) in [4.78, 5) is 14.5. The highest BCUT2D eigenvalue weighted by molar-refractivity contribution is 9.09. The maximum atomic E-state index is 12.0. The Kier molecular flexibility index (Phi) is 5.10. The Hall–Kier alpha value is -0.0500. The van der Waals surface area contributed by atoms with E-state index < -0.39 is 0 Å². The van der Waals surface area contributed by atoms with Crippen LogP contribution in [-0.2, 0) is 4.79 Å². The molecule has 3 heteroatoms. The quantitative estimate of drug-likeness (QED) is 0.725. The maximum Gasteiger partial charge on any atom is 0.225 e. The molecule has 0 aliphatic heterocycles. The first kappa shape index (κ1) is 13.0. The molecule has 1 amide bonds. The van der Waals surface area contributed by atoms with Gasteiger partial charge in [-0.1, -0.05) is 42.6 Å². The van der Waals surface area contributed by atoms with Crippen LogP contribution < -0.4 is 0 Å². The summed E-state index contributed by atoms with van der Waals surface area (Å²) in [5.41, 5.74) is 0. The highest BCUT2D eigenvalue weighted by Gasteiger charge is 2.30. The molecule has 1 aliphatic carbocycles. The minimum Gasteiger partial charge on any atom is -0.341 e. The molecule has 2 nitrogen and oxygen atoms in total. The van der Waals surface area contributed by atoms with Gasteiger partial charge >= 0.3 is 0 Å². The van der Waals surface area contributed by atoms with Crippen molar-refractivity contribution in [2.45, 2.75) is 56.8 Å². The monoisotopic (exact) mass is 275 g/mol. The van der Waals surface area contributed by atoms with E-state index in [1.807, 2.05) is 18.9 Å². The minimum absolute atomic E-state index is 0.164. The normalized spacial score (nSPS) is 28.5. The first-order valence-electron chi connectivity index (χ1n) is 5.98. The van der Waals surface area contributed by atoms with E-state index in [2.05, 4.69) is 22.9 Å². The third kappa shape index (κ3) is 3.20. The molecule has 3 unspecified atom stereocenters. The van der Waals surface area contributed by atoms with Crippen molar-refractivity contribution in [3.63, 3.8) is 0 Å². The Morgan fingerprint density at radius 2 is 2.07 bits per heavy atom. The van der Waals surface area contributed by atoms with Gasteiger partial charge in [-0.3, -0.25) is 4.79 Å². The van der Waals surface area contributed by atoms with Gasteiger partial charge in [0, 0.05) is 23.8 Å². The van der Waals surface area contributed by atoms with Gasteiger partial charge < -0.3 is 4.90 Å². The van der Waals surface area contributed by atoms with Crippen molar-refractivity contribution >= 4 is 21.8 Å². The average Bonchev–Trinajstić information content (AvgIpc) is 2.26. The van der Waals surface area contributed by atoms with Crippen LogP contribution in [0.5, 0.6) is 0 Å². The number of halogens is 1. The summed E-state index contributed by atoms with van der Waals surface area (Å²) in [6.45, 7) is 4.09. The zero-order valence-electron chi connectivity index (χ0n) is 10.0. The van der Waals surface area contributed by atoms with Gasteiger partial charge in [-0.05, 0) is 19.3 Å². The molecule has 1 fully saturated rings. The van der Waals surface area contributed by atoms with Crippen LogP contribution in [0.3, 0.4) is 0 Å². The third-order valence-electron chi connectivity index (χ3n) is 3.53. The van der Waals surface area contributed by atoms with E-state index in [1.54, 1.807) is 0 Å². The van der Waals surface area contributed by atoms with Crippen molar-refractivity contribution in [3.8, 4) is 0 Å². The van der Waals surface area contributed by atoms with Crippen molar-refractivity contribution in [1.29, 1.82) is 0 Å². The predicted molar refractivity (Wildman–Crippen MR) is 67.2 cm³/mol. The number of carbonyl (C=O) groups excluding carboxylic acids is 1. The molecule has 1 aliphatic rings. The summed E-state index contributed by atoms with van der Waals surface area (Å²) >= 11 is 3.70. The van der Waals surface area contributed by atoms with Gasteiger partial charge in [0.1, 0.15) is 0 Å². The van der Waals surface area contributed by atoms with Crippen LogP contribution in [0.15, 0.2) is 0 Å². The van der Waals surface area contributed by atoms with Crippen LogP contribution in [0.2, 0.25) is 0 Å². The SMILES string of the molecule is CCC(C)C(=O)N(C)C1CCCCC1Br. The van der Waals surface area contributed by atoms with Crippen LogP contribution in [0, 0.1) is 5.92 Å². The molecule has 88 valence electrons. The standard InChI is InChI=1S/C12H22BrNO/c1-4-9(2)12(15)14(3)11-8-6-5-7-10(11)13/h9-11H,4-8H2,1-3H3. The van der Waals surface area contributed by atoms with Crippen LogP contribution >= 0.6 is 15.9 Å². The molecule has 1 saturated carbocycles. The second-order valence-electron chi connectivity index (χ2n) is 4.63. The molecule has 15 heavy (non-hydrogen) atoms. The largest absolute Gasteiger partial charge is 0.341 e. The van der Waals surface area contributed by atoms with Crippen molar-refractivity contribution in [2.24, 2.45) is 5.92 Å². The average molecular weight is 276 g/mol. The summed E-state index contributed by atoms with van der Waals surface area (Å²) in [5, 5.41) is 0. The number of carbonyl (C=O) groups is 1. The molecular formula is C12H22BrNO. The first-order chi connectivity index (χ1) is 7.07. The van der Waals surface area contributed by atoms with Gasteiger partial charge in [-0.25, -0.2) is 0 Å². The molecule has 0 saturated heterocycles. The Balaban J connectivity index is 2.57. The lowest BCUT2D eigenvalue weighted by Crippen LogP contribution is -2.45. The van der Waals surface area contributed by atoms with Gasteiger partial charge in [-0.15, -0.1) is 0 Å². The van der Waals surface area contributed by atoms with Crippen LogP contribution in [0.4, 0.5) is 0 Å². The molecular weight excluding hydrogens is 254 g/mol. The van der Waals surface area contributed by atoms with E-state index in [9.17, 15) is 4.79 Å². The molecule has 0 heterocycles. The van der Waals surface area contributed by atoms with Crippen molar-refractivity contribution in [3.05, 3.63) is 0 Å². The van der Waals surface area contributed by atoms with E-state index >= 15 is 0 Å². The van der Waals surface area contributed by atoms with Gasteiger partial charge in [0.2, 0.25) is 5.91 Å². The summed E-state index contributed by atoms with van der Waals surface area (Å²) in [5.74, 6) is 0.463. The number of rotatable bonds is 3. The Morgan fingerprint density at radius 3 is 2.60 bits per heavy atom. The number of alkyl halides is 1. The summed E-state index contributed by atoms with van der Waals surface area (Å²) in [6.07, 6.45) is 5.82.